The van der Waals surface area contributed by atoms with Crippen LogP contribution in [0, 0.1) is 0 Å². The number of nitrogens with zero attached hydrogens (tertiary/aromatic N) is 3. The van der Waals surface area contributed by atoms with Crippen LogP contribution >= 0.6 is 0 Å². The van der Waals surface area contributed by atoms with E-state index >= 15 is 0 Å². The van der Waals surface area contributed by atoms with Gasteiger partial charge in [0.05, 0.1) is 10.9 Å². The first-order valence-electron chi connectivity index (χ1n) is 7.37. The molecule has 2 aromatic rings. The van der Waals surface area contributed by atoms with E-state index in [0.717, 1.165) is 5.69 Å². The molecule has 1 aromatic carbocycles. The summed E-state index contributed by atoms with van der Waals surface area (Å²) in [5.41, 5.74) is 1.15. The minimum Gasteiger partial charge on any atom is -0.336 e. The zero-order valence-corrected chi connectivity index (χ0v) is 13.3. The van der Waals surface area contributed by atoms with Crippen LogP contribution in [0.3, 0.4) is 0 Å². The van der Waals surface area contributed by atoms with E-state index in [9.17, 15) is 13.2 Å². The number of piperidine rings is 1. The Kier molecular flexibility index (Phi) is 4.18. The van der Waals surface area contributed by atoms with E-state index < -0.39 is 15.3 Å². The quantitative estimate of drug-likeness (QED) is 0.896. The fourth-order valence-electron chi connectivity index (χ4n) is 2.72. The van der Waals surface area contributed by atoms with Gasteiger partial charge in [0.15, 0.2) is 5.69 Å². The molecule has 0 unspecified atom stereocenters. The molecule has 1 aliphatic rings. The van der Waals surface area contributed by atoms with Crippen LogP contribution in [0.4, 0.5) is 0 Å². The van der Waals surface area contributed by atoms with Gasteiger partial charge in [0.1, 0.15) is 0 Å². The number of rotatable bonds is 3. The largest absolute Gasteiger partial charge is 0.336 e. The average Bonchev–Trinajstić information content (AvgIpc) is 3.04. The van der Waals surface area contributed by atoms with Gasteiger partial charge in [-0.1, -0.05) is 18.2 Å². The fraction of sp³-hybridized carbons (Fsp3) is 0.333. The highest BCUT2D eigenvalue weighted by molar-refractivity contribution is 7.89. The molecule has 0 spiro atoms. The first-order valence-corrected chi connectivity index (χ1v) is 8.98. The summed E-state index contributed by atoms with van der Waals surface area (Å²) in [4.78, 5) is 14.0. The number of amides is 1. The summed E-state index contributed by atoms with van der Waals surface area (Å²) in [6.07, 6.45) is 2.82. The predicted octanol–water partition coefficient (Wildman–Crippen LogP) is 0.765. The van der Waals surface area contributed by atoms with Crippen LogP contribution in [0.25, 0.3) is 5.69 Å². The third-order valence-corrected chi connectivity index (χ3v) is 5.27. The number of carbonyl (C=O) groups excluding carboxylic acids is 1. The zero-order valence-electron chi connectivity index (χ0n) is 12.5. The molecular weight excluding hydrogens is 316 g/mol. The van der Waals surface area contributed by atoms with Crippen molar-refractivity contribution in [2.45, 2.75) is 18.1 Å². The molecule has 2 N–H and O–H groups in total. The number of hydrogen-bond acceptors (Lipinski definition) is 4. The van der Waals surface area contributed by atoms with E-state index in [4.69, 9.17) is 5.14 Å². The highest BCUT2D eigenvalue weighted by Crippen LogP contribution is 2.17. The summed E-state index contributed by atoms with van der Waals surface area (Å²) in [6.45, 7) is 0.638. The lowest BCUT2D eigenvalue weighted by molar-refractivity contribution is 0.0720. The van der Waals surface area contributed by atoms with Crippen molar-refractivity contribution >= 4 is 15.9 Å². The monoisotopic (exact) mass is 334 g/mol. The molecule has 1 aromatic heterocycles. The maximum Gasteiger partial charge on any atom is 0.274 e. The van der Waals surface area contributed by atoms with Crippen molar-refractivity contribution in [1.29, 1.82) is 0 Å². The van der Waals surface area contributed by atoms with Crippen LogP contribution in [-0.4, -0.2) is 47.3 Å². The minimum atomic E-state index is -3.63. The van der Waals surface area contributed by atoms with Crippen LogP contribution in [0.5, 0.6) is 0 Å². The normalized spacial score (nSPS) is 18.8. The van der Waals surface area contributed by atoms with Gasteiger partial charge >= 0.3 is 0 Å². The molecule has 7 nitrogen and oxygen atoms in total. The Labute approximate surface area is 134 Å². The lowest BCUT2D eigenvalue weighted by Crippen LogP contribution is -2.47. The van der Waals surface area contributed by atoms with E-state index in [1.165, 1.54) is 4.90 Å². The Morgan fingerprint density at radius 1 is 1.22 bits per heavy atom. The molecular formula is C15H18N4O3S. The highest BCUT2D eigenvalue weighted by atomic mass is 32.2. The van der Waals surface area contributed by atoms with E-state index in [1.54, 1.807) is 16.9 Å². The summed E-state index contributed by atoms with van der Waals surface area (Å²) < 4.78 is 24.6. The van der Waals surface area contributed by atoms with E-state index in [2.05, 4.69) is 5.10 Å². The van der Waals surface area contributed by atoms with Gasteiger partial charge in [-0.25, -0.2) is 18.2 Å². The van der Waals surface area contributed by atoms with Crippen molar-refractivity contribution in [2.24, 2.45) is 5.14 Å². The molecule has 0 bridgehead atoms. The van der Waals surface area contributed by atoms with Gasteiger partial charge in [0.2, 0.25) is 10.0 Å². The molecule has 1 saturated heterocycles. The van der Waals surface area contributed by atoms with Crippen molar-refractivity contribution in [3.63, 3.8) is 0 Å². The van der Waals surface area contributed by atoms with Gasteiger partial charge in [-0.2, -0.15) is 5.10 Å². The smallest absolute Gasteiger partial charge is 0.274 e. The molecule has 1 fully saturated rings. The Hall–Kier alpha value is -2.19. The predicted molar refractivity (Wildman–Crippen MR) is 85.6 cm³/mol. The number of likely N-dealkylation sites (tertiary alicyclic amines) is 1. The Morgan fingerprint density at radius 3 is 2.65 bits per heavy atom. The second-order valence-electron chi connectivity index (χ2n) is 5.59. The molecule has 1 amide bonds. The summed E-state index contributed by atoms with van der Waals surface area (Å²) in [7, 11) is -3.63. The maximum atomic E-state index is 12.5. The lowest BCUT2D eigenvalue weighted by atomic mass is 10.1. The SMILES string of the molecule is NS(=O)(=O)[C@@H]1CCCN(C(=O)c2ccn(-c3ccccc3)n2)C1. The highest BCUT2D eigenvalue weighted by Gasteiger charge is 2.31. The molecule has 0 radical (unpaired) electrons. The second-order valence-corrected chi connectivity index (χ2v) is 7.43. The fourth-order valence-corrected chi connectivity index (χ4v) is 3.60. The molecule has 8 heteroatoms. The summed E-state index contributed by atoms with van der Waals surface area (Å²) >= 11 is 0. The van der Waals surface area contributed by atoms with Crippen molar-refractivity contribution in [3.05, 3.63) is 48.3 Å². The van der Waals surface area contributed by atoms with E-state index in [0.29, 0.717) is 25.1 Å². The standard InChI is InChI=1S/C15H18N4O3S/c16-23(21,22)13-7-4-9-18(11-13)15(20)14-8-10-19(17-14)12-5-2-1-3-6-12/h1-3,5-6,8,10,13H,4,7,9,11H2,(H2,16,21,22)/t13-/m1/s1. The third-order valence-electron chi connectivity index (χ3n) is 3.96. The van der Waals surface area contributed by atoms with Crippen LogP contribution in [0.2, 0.25) is 0 Å². The van der Waals surface area contributed by atoms with Crippen molar-refractivity contribution in [1.82, 2.24) is 14.7 Å². The van der Waals surface area contributed by atoms with Gasteiger partial charge < -0.3 is 4.90 Å². The molecule has 0 saturated carbocycles. The van der Waals surface area contributed by atoms with E-state index in [1.807, 2.05) is 30.3 Å². The van der Waals surface area contributed by atoms with Crippen LogP contribution in [0.15, 0.2) is 42.6 Å². The Bertz CT molecular complexity index is 801. The number of nitrogens with two attached hydrogens (primary N) is 1. The Morgan fingerprint density at radius 2 is 1.96 bits per heavy atom. The van der Waals surface area contributed by atoms with E-state index in [-0.39, 0.29) is 12.5 Å². The second kappa shape index (κ2) is 6.13. The lowest BCUT2D eigenvalue weighted by Gasteiger charge is -2.30. The number of para-hydroxylation sites is 1. The summed E-state index contributed by atoms with van der Waals surface area (Å²) in [6, 6.07) is 11.1. The van der Waals surface area contributed by atoms with Gasteiger partial charge in [0, 0.05) is 19.3 Å². The maximum absolute atomic E-state index is 12.5. The molecule has 0 aliphatic carbocycles. The summed E-state index contributed by atoms with van der Waals surface area (Å²) in [5, 5.41) is 8.80. The minimum absolute atomic E-state index is 0.121. The third kappa shape index (κ3) is 3.43. The van der Waals surface area contributed by atoms with Crippen molar-refractivity contribution in [2.75, 3.05) is 13.1 Å². The molecule has 2 heterocycles. The van der Waals surface area contributed by atoms with Crippen molar-refractivity contribution < 1.29 is 13.2 Å². The zero-order chi connectivity index (χ0) is 16.4. The molecule has 1 aliphatic heterocycles. The number of primary sulfonamides is 1. The average molecular weight is 334 g/mol. The number of sulfonamides is 1. The first-order chi connectivity index (χ1) is 10.9. The first kappa shape index (κ1) is 15.7. The number of benzene rings is 1. The summed E-state index contributed by atoms with van der Waals surface area (Å²) in [5.74, 6) is -0.270. The van der Waals surface area contributed by atoms with Crippen LogP contribution in [-0.2, 0) is 10.0 Å². The number of carbonyl (C=O) groups is 1. The van der Waals surface area contributed by atoms with Crippen LogP contribution in [0.1, 0.15) is 23.3 Å². The molecule has 23 heavy (non-hydrogen) atoms. The molecule has 1 atom stereocenters. The van der Waals surface area contributed by atoms with Gasteiger partial charge in [-0.05, 0) is 31.0 Å². The van der Waals surface area contributed by atoms with Gasteiger partial charge in [-0.15, -0.1) is 0 Å². The topological polar surface area (TPSA) is 98.3 Å². The number of aromatic nitrogens is 2. The van der Waals surface area contributed by atoms with Crippen LogP contribution < -0.4 is 5.14 Å². The van der Waals surface area contributed by atoms with Crippen molar-refractivity contribution in [3.8, 4) is 5.69 Å². The van der Waals surface area contributed by atoms with Gasteiger partial charge in [-0.3, -0.25) is 4.79 Å². The Balaban J connectivity index is 1.77. The molecule has 3 rings (SSSR count). The van der Waals surface area contributed by atoms with Gasteiger partial charge in [0.25, 0.3) is 5.91 Å². The number of hydrogen-bond donors (Lipinski definition) is 1. The molecule has 122 valence electrons.